The highest BCUT2D eigenvalue weighted by Crippen LogP contribution is 2.13. The van der Waals surface area contributed by atoms with Crippen molar-refractivity contribution in [2.75, 3.05) is 7.11 Å². The van der Waals surface area contributed by atoms with Gasteiger partial charge in [0.25, 0.3) is 0 Å². The highest BCUT2D eigenvalue weighted by molar-refractivity contribution is 5.90. The van der Waals surface area contributed by atoms with Crippen LogP contribution in [0.15, 0.2) is 36.7 Å². The molecule has 1 heterocycles. The predicted molar refractivity (Wildman–Crippen MR) is 87.8 cm³/mol. The number of carbonyl (C=O) groups excluding carboxylic acids is 1. The molecule has 2 aromatic rings. The molecule has 0 atom stereocenters. The van der Waals surface area contributed by atoms with Gasteiger partial charge in [0.2, 0.25) is 0 Å². The molecule has 0 fully saturated rings. The van der Waals surface area contributed by atoms with Gasteiger partial charge in [0, 0.05) is 12.4 Å². The largest absolute Gasteiger partial charge is 0.497 e. The van der Waals surface area contributed by atoms with E-state index in [1.54, 1.807) is 43.8 Å². The maximum Gasteiger partial charge on any atom is 0.345 e. The van der Waals surface area contributed by atoms with E-state index in [0.717, 1.165) is 18.4 Å². The van der Waals surface area contributed by atoms with Crippen LogP contribution in [0.1, 0.15) is 48.5 Å². The van der Waals surface area contributed by atoms with Crippen LogP contribution in [0.25, 0.3) is 0 Å². The highest BCUT2D eigenvalue weighted by atomic mass is 16.5. The van der Waals surface area contributed by atoms with Gasteiger partial charge in [-0.2, -0.15) is 0 Å². The zero-order valence-corrected chi connectivity index (χ0v) is 13.6. The van der Waals surface area contributed by atoms with E-state index in [0.29, 0.717) is 11.3 Å². The number of benzene rings is 1. The second-order valence-electron chi connectivity index (χ2n) is 5.30. The average Bonchev–Trinajstić information content (AvgIpc) is 2.60. The van der Waals surface area contributed by atoms with Gasteiger partial charge in [0.05, 0.1) is 12.7 Å². The molecule has 0 aliphatic carbocycles. The lowest BCUT2D eigenvalue weighted by molar-refractivity contribution is 0.0719. The average molecular weight is 314 g/mol. The molecule has 0 radical (unpaired) electrons. The smallest absolute Gasteiger partial charge is 0.345 e. The summed E-state index contributed by atoms with van der Waals surface area (Å²) in [6, 6.07) is 6.77. The number of hydrogen-bond donors (Lipinski definition) is 0. The minimum absolute atomic E-state index is 0.0723. The number of ether oxygens (including phenoxy) is 2. The molecule has 0 aliphatic heterocycles. The van der Waals surface area contributed by atoms with Crippen LogP contribution in [-0.2, 0) is 6.42 Å². The molecular formula is C18H22N2O3. The molecule has 0 saturated heterocycles. The molecule has 1 aromatic heterocycles. The Morgan fingerprint density at radius 3 is 2.35 bits per heavy atom. The Morgan fingerprint density at radius 1 is 1.04 bits per heavy atom. The Hall–Kier alpha value is -2.43. The number of unbranched alkanes of at least 4 members (excludes halogenated alkanes) is 3. The van der Waals surface area contributed by atoms with Gasteiger partial charge >= 0.3 is 12.0 Å². The maximum absolute atomic E-state index is 12.0. The van der Waals surface area contributed by atoms with Crippen LogP contribution in [-0.4, -0.2) is 23.0 Å². The van der Waals surface area contributed by atoms with E-state index in [-0.39, 0.29) is 6.01 Å². The molecule has 0 N–H and O–H groups in total. The molecule has 5 heteroatoms. The molecule has 1 aromatic carbocycles. The zero-order valence-electron chi connectivity index (χ0n) is 13.6. The van der Waals surface area contributed by atoms with E-state index in [1.807, 2.05) is 0 Å². The van der Waals surface area contributed by atoms with Crippen LogP contribution in [0.5, 0.6) is 11.8 Å². The lowest BCUT2D eigenvalue weighted by atomic mass is 10.1. The third kappa shape index (κ3) is 5.36. The lowest BCUT2D eigenvalue weighted by Crippen LogP contribution is -2.10. The normalized spacial score (nSPS) is 10.3. The summed E-state index contributed by atoms with van der Waals surface area (Å²) in [6.45, 7) is 2.19. The van der Waals surface area contributed by atoms with Crippen LogP contribution in [0.3, 0.4) is 0 Å². The van der Waals surface area contributed by atoms with Gasteiger partial charge in [0.15, 0.2) is 0 Å². The first-order valence-electron chi connectivity index (χ1n) is 7.90. The minimum atomic E-state index is -0.483. The van der Waals surface area contributed by atoms with Crippen molar-refractivity contribution < 1.29 is 14.3 Å². The van der Waals surface area contributed by atoms with Crippen LogP contribution in [0.4, 0.5) is 0 Å². The maximum atomic E-state index is 12.0. The van der Waals surface area contributed by atoms with E-state index < -0.39 is 5.97 Å². The summed E-state index contributed by atoms with van der Waals surface area (Å²) in [4.78, 5) is 20.2. The Bertz CT molecular complexity index is 609. The highest BCUT2D eigenvalue weighted by Gasteiger charge is 2.10. The van der Waals surface area contributed by atoms with E-state index in [2.05, 4.69) is 16.9 Å². The Balaban J connectivity index is 1.88. The first-order chi connectivity index (χ1) is 11.2. The summed E-state index contributed by atoms with van der Waals surface area (Å²) in [5.41, 5.74) is 1.49. The van der Waals surface area contributed by atoms with Crippen molar-refractivity contribution in [1.29, 1.82) is 0 Å². The van der Waals surface area contributed by atoms with E-state index >= 15 is 0 Å². The first kappa shape index (κ1) is 16.9. The monoisotopic (exact) mass is 314 g/mol. The second-order valence-corrected chi connectivity index (χ2v) is 5.30. The molecule has 0 amide bonds. The number of carbonyl (C=O) groups is 1. The van der Waals surface area contributed by atoms with Gasteiger partial charge < -0.3 is 9.47 Å². The van der Waals surface area contributed by atoms with Gasteiger partial charge in [-0.1, -0.05) is 26.2 Å². The van der Waals surface area contributed by atoms with Crippen molar-refractivity contribution in [2.24, 2.45) is 0 Å². The fraction of sp³-hybridized carbons (Fsp3) is 0.389. The Labute approximate surface area is 136 Å². The predicted octanol–water partition coefficient (Wildman–Crippen LogP) is 3.83. The topological polar surface area (TPSA) is 61.3 Å². The molecule has 2 rings (SSSR count). The third-order valence-electron chi connectivity index (χ3n) is 3.51. The SMILES string of the molecule is CCCCCCc1cnc(OC(=O)c2ccc(OC)cc2)nc1. The molecular weight excluding hydrogens is 292 g/mol. The zero-order chi connectivity index (χ0) is 16.5. The van der Waals surface area contributed by atoms with Gasteiger partial charge in [-0.25, -0.2) is 14.8 Å². The van der Waals surface area contributed by atoms with E-state index in [9.17, 15) is 4.79 Å². The Morgan fingerprint density at radius 2 is 1.74 bits per heavy atom. The van der Waals surface area contributed by atoms with Crippen molar-refractivity contribution in [3.63, 3.8) is 0 Å². The van der Waals surface area contributed by atoms with E-state index in [4.69, 9.17) is 9.47 Å². The molecule has 122 valence electrons. The fourth-order valence-electron chi connectivity index (χ4n) is 2.15. The Kier molecular flexibility index (Phi) is 6.54. The summed E-state index contributed by atoms with van der Waals surface area (Å²) >= 11 is 0. The van der Waals surface area contributed by atoms with Crippen LogP contribution in [0.2, 0.25) is 0 Å². The number of methoxy groups -OCH3 is 1. The van der Waals surface area contributed by atoms with Crippen molar-refractivity contribution in [2.45, 2.75) is 39.0 Å². The number of hydrogen-bond acceptors (Lipinski definition) is 5. The van der Waals surface area contributed by atoms with E-state index in [1.165, 1.54) is 19.3 Å². The molecule has 0 spiro atoms. The molecule has 0 saturated carbocycles. The molecule has 0 unspecified atom stereocenters. The van der Waals surface area contributed by atoms with Crippen molar-refractivity contribution in [3.05, 3.63) is 47.8 Å². The summed E-state index contributed by atoms with van der Waals surface area (Å²) in [7, 11) is 1.57. The number of rotatable bonds is 8. The number of esters is 1. The standard InChI is InChI=1S/C18H22N2O3/c1-3-4-5-6-7-14-12-19-18(20-13-14)23-17(21)15-8-10-16(22-2)11-9-15/h8-13H,3-7H2,1-2H3. The first-order valence-corrected chi connectivity index (χ1v) is 7.90. The minimum Gasteiger partial charge on any atom is -0.497 e. The summed E-state index contributed by atoms with van der Waals surface area (Å²) in [6.07, 6.45) is 9.19. The van der Waals surface area contributed by atoms with Crippen LogP contribution < -0.4 is 9.47 Å². The molecule has 0 bridgehead atoms. The number of aromatic nitrogens is 2. The van der Waals surface area contributed by atoms with Crippen LogP contribution >= 0.6 is 0 Å². The summed E-state index contributed by atoms with van der Waals surface area (Å²) in [5, 5.41) is 0. The number of nitrogens with zero attached hydrogens (tertiary/aromatic N) is 2. The van der Waals surface area contributed by atoms with Gasteiger partial charge in [0.1, 0.15) is 5.75 Å². The fourth-order valence-corrected chi connectivity index (χ4v) is 2.15. The third-order valence-corrected chi connectivity index (χ3v) is 3.51. The second kappa shape index (κ2) is 8.88. The quantitative estimate of drug-likeness (QED) is 0.547. The van der Waals surface area contributed by atoms with Crippen LogP contribution in [0, 0.1) is 0 Å². The number of aryl methyl sites for hydroxylation is 1. The molecule has 5 nitrogen and oxygen atoms in total. The molecule has 0 aliphatic rings. The van der Waals surface area contributed by atoms with Crippen molar-refractivity contribution in [3.8, 4) is 11.8 Å². The van der Waals surface area contributed by atoms with Gasteiger partial charge in [-0.15, -0.1) is 0 Å². The van der Waals surface area contributed by atoms with Crippen molar-refractivity contribution >= 4 is 5.97 Å². The summed E-state index contributed by atoms with van der Waals surface area (Å²) < 4.78 is 10.2. The van der Waals surface area contributed by atoms with Crippen molar-refractivity contribution in [1.82, 2.24) is 9.97 Å². The lowest BCUT2D eigenvalue weighted by Gasteiger charge is -2.05. The van der Waals surface area contributed by atoms with Gasteiger partial charge in [-0.3, -0.25) is 0 Å². The summed E-state index contributed by atoms with van der Waals surface area (Å²) in [5.74, 6) is 0.202. The molecule has 23 heavy (non-hydrogen) atoms. The van der Waals surface area contributed by atoms with Gasteiger partial charge in [-0.05, 0) is 42.7 Å².